The van der Waals surface area contributed by atoms with Crippen LogP contribution in [0.3, 0.4) is 0 Å². The number of amides is 1. The lowest BCUT2D eigenvalue weighted by atomic mass is 9.95. The molecule has 0 bridgehead atoms. The number of nitriles is 1. The van der Waals surface area contributed by atoms with Crippen LogP contribution in [0.4, 0.5) is 5.69 Å². The molecule has 0 aliphatic heterocycles. The SMILES string of the molecule is N#Cc1ccc(NCC(=O)NC2CCCCC2)c(Cl)c1. The smallest absolute Gasteiger partial charge is 0.239 e. The lowest BCUT2D eigenvalue weighted by Gasteiger charge is -2.23. The van der Waals surface area contributed by atoms with Crippen LogP contribution in [0.25, 0.3) is 0 Å². The molecular weight excluding hydrogens is 274 g/mol. The van der Waals surface area contributed by atoms with E-state index in [2.05, 4.69) is 10.6 Å². The fraction of sp³-hybridized carbons (Fsp3) is 0.467. The lowest BCUT2D eigenvalue weighted by molar-refractivity contribution is -0.120. The van der Waals surface area contributed by atoms with Crippen molar-refractivity contribution in [3.8, 4) is 6.07 Å². The summed E-state index contributed by atoms with van der Waals surface area (Å²) in [5, 5.41) is 15.2. The molecule has 106 valence electrons. The maximum absolute atomic E-state index is 11.8. The van der Waals surface area contributed by atoms with E-state index in [1.807, 2.05) is 6.07 Å². The second-order valence-electron chi connectivity index (χ2n) is 5.06. The van der Waals surface area contributed by atoms with Crippen LogP contribution in [-0.2, 0) is 4.79 Å². The molecule has 20 heavy (non-hydrogen) atoms. The average Bonchev–Trinajstić information content (AvgIpc) is 2.47. The highest BCUT2D eigenvalue weighted by Crippen LogP contribution is 2.22. The van der Waals surface area contributed by atoms with Crippen LogP contribution < -0.4 is 10.6 Å². The van der Waals surface area contributed by atoms with Crippen molar-refractivity contribution in [2.24, 2.45) is 0 Å². The van der Waals surface area contributed by atoms with Crippen LogP contribution in [0.1, 0.15) is 37.7 Å². The molecule has 2 rings (SSSR count). The molecular formula is C15H18ClN3O. The standard InChI is InChI=1S/C15H18ClN3O/c16-13-8-11(9-17)6-7-14(13)18-10-15(20)19-12-4-2-1-3-5-12/h6-8,12,18H,1-5,10H2,(H,19,20). The van der Waals surface area contributed by atoms with Crippen molar-refractivity contribution in [1.82, 2.24) is 5.32 Å². The minimum Gasteiger partial charge on any atom is -0.375 e. The Kier molecular flexibility index (Phi) is 5.25. The van der Waals surface area contributed by atoms with E-state index >= 15 is 0 Å². The van der Waals surface area contributed by atoms with Crippen molar-refractivity contribution < 1.29 is 4.79 Å². The van der Waals surface area contributed by atoms with E-state index in [1.165, 1.54) is 19.3 Å². The molecule has 1 aromatic carbocycles. The molecule has 0 saturated heterocycles. The number of carbonyl (C=O) groups is 1. The van der Waals surface area contributed by atoms with Gasteiger partial charge < -0.3 is 10.6 Å². The number of nitrogens with one attached hydrogen (secondary N) is 2. The van der Waals surface area contributed by atoms with E-state index in [9.17, 15) is 4.79 Å². The topological polar surface area (TPSA) is 64.9 Å². The quantitative estimate of drug-likeness (QED) is 0.896. The summed E-state index contributed by atoms with van der Waals surface area (Å²) < 4.78 is 0. The molecule has 0 heterocycles. The fourth-order valence-electron chi connectivity index (χ4n) is 2.43. The number of hydrogen-bond acceptors (Lipinski definition) is 3. The van der Waals surface area contributed by atoms with Gasteiger partial charge in [0.05, 0.1) is 28.9 Å². The molecule has 1 aliphatic rings. The summed E-state index contributed by atoms with van der Waals surface area (Å²) in [6.45, 7) is 0.197. The van der Waals surface area contributed by atoms with Crippen molar-refractivity contribution in [3.63, 3.8) is 0 Å². The van der Waals surface area contributed by atoms with Gasteiger partial charge in [-0.1, -0.05) is 30.9 Å². The zero-order chi connectivity index (χ0) is 14.4. The molecule has 1 aromatic rings. The average molecular weight is 292 g/mol. The first-order valence-corrected chi connectivity index (χ1v) is 7.29. The molecule has 0 spiro atoms. The Bertz CT molecular complexity index is 518. The third-order valence-corrected chi connectivity index (χ3v) is 3.82. The first kappa shape index (κ1) is 14.7. The van der Waals surface area contributed by atoms with Gasteiger partial charge in [0.1, 0.15) is 0 Å². The van der Waals surface area contributed by atoms with Crippen LogP contribution in [0, 0.1) is 11.3 Å². The van der Waals surface area contributed by atoms with Gasteiger partial charge in [-0.2, -0.15) is 5.26 Å². The molecule has 1 fully saturated rings. The zero-order valence-corrected chi connectivity index (χ0v) is 12.0. The predicted molar refractivity (Wildman–Crippen MR) is 79.7 cm³/mol. The lowest BCUT2D eigenvalue weighted by Crippen LogP contribution is -2.39. The van der Waals surface area contributed by atoms with E-state index in [4.69, 9.17) is 16.9 Å². The van der Waals surface area contributed by atoms with Crippen molar-refractivity contribution in [3.05, 3.63) is 28.8 Å². The normalized spacial score (nSPS) is 15.4. The van der Waals surface area contributed by atoms with Crippen LogP contribution in [-0.4, -0.2) is 18.5 Å². The monoisotopic (exact) mass is 291 g/mol. The summed E-state index contributed by atoms with van der Waals surface area (Å²) in [5.41, 5.74) is 1.18. The third-order valence-electron chi connectivity index (χ3n) is 3.51. The number of hydrogen-bond donors (Lipinski definition) is 2. The maximum atomic E-state index is 11.8. The zero-order valence-electron chi connectivity index (χ0n) is 11.3. The summed E-state index contributed by atoms with van der Waals surface area (Å²) in [5.74, 6) is -0.0164. The highest BCUT2D eigenvalue weighted by atomic mass is 35.5. The fourth-order valence-corrected chi connectivity index (χ4v) is 2.68. The second kappa shape index (κ2) is 7.16. The Hall–Kier alpha value is -1.73. The molecule has 1 amide bonds. The Morgan fingerprint density at radius 2 is 2.10 bits per heavy atom. The molecule has 0 unspecified atom stereocenters. The van der Waals surface area contributed by atoms with E-state index in [1.54, 1.807) is 18.2 Å². The Labute approximate surface area is 124 Å². The molecule has 4 nitrogen and oxygen atoms in total. The van der Waals surface area contributed by atoms with Gasteiger partial charge in [-0.15, -0.1) is 0 Å². The number of carbonyl (C=O) groups excluding carboxylic acids is 1. The maximum Gasteiger partial charge on any atom is 0.239 e. The molecule has 5 heteroatoms. The van der Waals surface area contributed by atoms with Crippen LogP contribution in [0.2, 0.25) is 5.02 Å². The van der Waals surface area contributed by atoms with Gasteiger partial charge in [0.15, 0.2) is 0 Å². The number of rotatable bonds is 4. The summed E-state index contributed by atoms with van der Waals surface area (Å²) in [6.07, 6.45) is 5.80. The van der Waals surface area contributed by atoms with E-state index in [-0.39, 0.29) is 12.5 Å². The van der Waals surface area contributed by atoms with E-state index in [0.29, 0.717) is 22.3 Å². The Balaban J connectivity index is 1.82. The molecule has 2 N–H and O–H groups in total. The first-order valence-electron chi connectivity index (χ1n) is 6.92. The summed E-state index contributed by atoms with van der Waals surface area (Å²) in [7, 11) is 0. The van der Waals surface area contributed by atoms with Gasteiger partial charge in [-0.05, 0) is 31.0 Å². The van der Waals surface area contributed by atoms with Gasteiger partial charge >= 0.3 is 0 Å². The number of nitrogens with zero attached hydrogens (tertiary/aromatic N) is 1. The molecule has 1 saturated carbocycles. The van der Waals surface area contributed by atoms with Crippen molar-refractivity contribution in [1.29, 1.82) is 5.26 Å². The van der Waals surface area contributed by atoms with Crippen molar-refractivity contribution in [2.75, 3.05) is 11.9 Å². The van der Waals surface area contributed by atoms with E-state index < -0.39 is 0 Å². The highest BCUT2D eigenvalue weighted by Gasteiger charge is 2.15. The van der Waals surface area contributed by atoms with Crippen molar-refractivity contribution >= 4 is 23.2 Å². The minimum absolute atomic E-state index is 0.0164. The largest absolute Gasteiger partial charge is 0.375 e. The molecule has 0 atom stereocenters. The number of anilines is 1. The summed E-state index contributed by atoms with van der Waals surface area (Å²) in [4.78, 5) is 11.8. The Morgan fingerprint density at radius 1 is 1.35 bits per heavy atom. The van der Waals surface area contributed by atoms with Gasteiger partial charge in [-0.3, -0.25) is 4.79 Å². The molecule has 0 aromatic heterocycles. The van der Waals surface area contributed by atoms with Crippen LogP contribution in [0.5, 0.6) is 0 Å². The highest BCUT2D eigenvalue weighted by molar-refractivity contribution is 6.33. The Morgan fingerprint density at radius 3 is 2.75 bits per heavy atom. The predicted octanol–water partition coefficient (Wildman–Crippen LogP) is 3.07. The molecule has 0 radical (unpaired) electrons. The second-order valence-corrected chi connectivity index (χ2v) is 5.47. The van der Waals surface area contributed by atoms with Crippen molar-refractivity contribution in [2.45, 2.75) is 38.1 Å². The van der Waals surface area contributed by atoms with Gasteiger partial charge in [-0.25, -0.2) is 0 Å². The van der Waals surface area contributed by atoms with Gasteiger partial charge in [0.25, 0.3) is 0 Å². The first-order chi connectivity index (χ1) is 9.69. The van der Waals surface area contributed by atoms with Gasteiger partial charge in [0, 0.05) is 6.04 Å². The minimum atomic E-state index is -0.0164. The number of benzene rings is 1. The van der Waals surface area contributed by atoms with Gasteiger partial charge in [0.2, 0.25) is 5.91 Å². The summed E-state index contributed by atoms with van der Waals surface area (Å²) >= 11 is 6.04. The van der Waals surface area contributed by atoms with E-state index in [0.717, 1.165) is 12.8 Å². The third kappa shape index (κ3) is 4.14. The number of halogens is 1. The molecule has 1 aliphatic carbocycles. The van der Waals surface area contributed by atoms with Crippen LogP contribution in [0.15, 0.2) is 18.2 Å². The summed E-state index contributed by atoms with van der Waals surface area (Å²) in [6, 6.07) is 7.31. The van der Waals surface area contributed by atoms with Crippen LogP contribution >= 0.6 is 11.6 Å².